The van der Waals surface area contributed by atoms with E-state index >= 15 is 0 Å². The smallest absolute Gasteiger partial charge is 0.337 e. The van der Waals surface area contributed by atoms with Gasteiger partial charge in [-0.25, -0.2) is 9.78 Å². The molecule has 1 aromatic heterocycles. The van der Waals surface area contributed by atoms with Crippen LogP contribution in [-0.4, -0.2) is 29.7 Å². The summed E-state index contributed by atoms with van der Waals surface area (Å²) in [6.07, 6.45) is 0. The summed E-state index contributed by atoms with van der Waals surface area (Å²) < 4.78 is 10.2. The number of ether oxygens (including phenoxy) is 2. The van der Waals surface area contributed by atoms with Crippen molar-refractivity contribution in [3.63, 3.8) is 0 Å². The van der Waals surface area contributed by atoms with Gasteiger partial charge in [-0.1, -0.05) is 23.9 Å². The Balaban J connectivity index is 1.67. The quantitative estimate of drug-likeness (QED) is 0.541. The molecule has 0 unspecified atom stereocenters. The van der Waals surface area contributed by atoms with Crippen LogP contribution in [0.5, 0.6) is 5.75 Å². The van der Waals surface area contributed by atoms with Crippen molar-refractivity contribution in [3.8, 4) is 5.75 Å². The third kappa shape index (κ3) is 3.71. The lowest BCUT2D eigenvalue weighted by Crippen LogP contribution is -2.00. The number of fused-ring (bicyclic) bond motifs is 1. The van der Waals surface area contributed by atoms with Crippen LogP contribution in [0.15, 0.2) is 47.6 Å². The van der Waals surface area contributed by atoms with Crippen LogP contribution in [0, 0.1) is 0 Å². The minimum Gasteiger partial charge on any atom is -0.494 e. The summed E-state index contributed by atoms with van der Waals surface area (Å²) in [4.78, 5) is 19.3. The topological polar surface area (TPSA) is 64.2 Å². The predicted molar refractivity (Wildman–Crippen MR) is 94.6 cm³/mol. The Morgan fingerprint density at radius 3 is 2.71 bits per heavy atom. The average molecular weight is 342 g/mol. The highest BCUT2D eigenvalue weighted by Crippen LogP contribution is 2.25. The molecule has 0 spiro atoms. The minimum absolute atomic E-state index is 0.323. The van der Waals surface area contributed by atoms with Crippen molar-refractivity contribution in [2.24, 2.45) is 0 Å². The maximum Gasteiger partial charge on any atom is 0.337 e. The second-order valence-electron chi connectivity index (χ2n) is 5.13. The third-order valence-corrected chi connectivity index (χ3v) is 4.44. The lowest BCUT2D eigenvalue weighted by molar-refractivity contribution is 0.0600. The molecule has 1 heterocycles. The fraction of sp³-hybridized carbons (Fsp3) is 0.222. The van der Waals surface area contributed by atoms with Gasteiger partial charge in [-0.05, 0) is 36.8 Å². The van der Waals surface area contributed by atoms with Gasteiger partial charge < -0.3 is 14.5 Å². The molecule has 0 atom stereocenters. The van der Waals surface area contributed by atoms with Gasteiger partial charge in [-0.2, -0.15) is 0 Å². The van der Waals surface area contributed by atoms with Crippen LogP contribution in [0.1, 0.15) is 22.8 Å². The number of rotatable bonds is 6. The highest BCUT2D eigenvalue weighted by Gasteiger charge is 2.07. The zero-order valence-electron chi connectivity index (χ0n) is 13.5. The van der Waals surface area contributed by atoms with Crippen LogP contribution in [0.25, 0.3) is 11.0 Å². The number of methoxy groups -OCH3 is 1. The molecule has 0 aliphatic heterocycles. The second-order valence-corrected chi connectivity index (χ2v) is 6.10. The first-order valence-corrected chi connectivity index (χ1v) is 8.60. The SMILES string of the molecule is CCOc1ccc2nc(SCc3ccc(C(=O)OC)cc3)[nH]c2c1. The van der Waals surface area contributed by atoms with E-state index in [0.29, 0.717) is 12.2 Å². The Bertz CT molecular complexity index is 843. The summed E-state index contributed by atoms with van der Waals surface area (Å²) in [5, 5.41) is 0.857. The van der Waals surface area contributed by atoms with Crippen molar-refractivity contribution < 1.29 is 14.3 Å². The van der Waals surface area contributed by atoms with E-state index < -0.39 is 0 Å². The normalized spacial score (nSPS) is 10.8. The van der Waals surface area contributed by atoms with Crippen LogP contribution < -0.4 is 4.74 Å². The van der Waals surface area contributed by atoms with Crippen LogP contribution in [0.2, 0.25) is 0 Å². The van der Waals surface area contributed by atoms with Gasteiger partial charge in [0.1, 0.15) is 5.75 Å². The second kappa shape index (κ2) is 7.40. The van der Waals surface area contributed by atoms with Crippen LogP contribution in [-0.2, 0) is 10.5 Å². The maximum atomic E-state index is 11.4. The number of hydrogen-bond acceptors (Lipinski definition) is 5. The number of hydrogen-bond donors (Lipinski definition) is 1. The number of nitrogens with zero attached hydrogens (tertiary/aromatic N) is 1. The van der Waals surface area contributed by atoms with E-state index in [2.05, 4.69) is 9.97 Å². The molecular formula is C18H18N2O3S. The van der Waals surface area contributed by atoms with E-state index in [1.54, 1.807) is 23.9 Å². The number of thioether (sulfide) groups is 1. The monoisotopic (exact) mass is 342 g/mol. The number of imidazole rings is 1. The number of benzene rings is 2. The van der Waals surface area contributed by atoms with Crippen molar-refractivity contribution in [1.82, 2.24) is 9.97 Å². The molecule has 3 aromatic rings. The third-order valence-electron chi connectivity index (χ3n) is 3.49. The maximum absolute atomic E-state index is 11.4. The first-order valence-electron chi connectivity index (χ1n) is 7.62. The fourth-order valence-electron chi connectivity index (χ4n) is 2.30. The zero-order chi connectivity index (χ0) is 16.9. The number of nitrogens with one attached hydrogen (secondary N) is 1. The number of esters is 1. The molecule has 0 aliphatic carbocycles. The molecule has 0 fully saturated rings. The Morgan fingerprint density at radius 1 is 1.21 bits per heavy atom. The van der Waals surface area contributed by atoms with E-state index in [-0.39, 0.29) is 5.97 Å². The van der Waals surface area contributed by atoms with Gasteiger partial charge in [0.2, 0.25) is 0 Å². The summed E-state index contributed by atoms with van der Waals surface area (Å²) in [5.41, 5.74) is 3.55. The first-order chi connectivity index (χ1) is 11.7. The zero-order valence-corrected chi connectivity index (χ0v) is 14.4. The lowest BCUT2D eigenvalue weighted by atomic mass is 10.1. The molecule has 0 bridgehead atoms. The van der Waals surface area contributed by atoms with Crippen LogP contribution >= 0.6 is 11.8 Å². The largest absolute Gasteiger partial charge is 0.494 e. The van der Waals surface area contributed by atoms with Crippen molar-refractivity contribution >= 4 is 28.8 Å². The Morgan fingerprint density at radius 2 is 2.00 bits per heavy atom. The van der Waals surface area contributed by atoms with Crippen molar-refractivity contribution in [2.45, 2.75) is 17.8 Å². The summed E-state index contributed by atoms with van der Waals surface area (Å²) in [5.74, 6) is 1.28. The Labute approximate surface area is 144 Å². The van der Waals surface area contributed by atoms with Gasteiger partial charge in [0, 0.05) is 11.8 Å². The van der Waals surface area contributed by atoms with Gasteiger partial charge in [0.05, 0.1) is 30.3 Å². The molecule has 6 heteroatoms. The summed E-state index contributed by atoms with van der Waals surface area (Å²) in [7, 11) is 1.38. The molecule has 2 aromatic carbocycles. The molecule has 0 saturated heterocycles. The number of carbonyl (C=O) groups excluding carboxylic acids is 1. The molecule has 0 radical (unpaired) electrons. The van der Waals surface area contributed by atoms with Crippen LogP contribution in [0.4, 0.5) is 0 Å². The van der Waals surface area contributed by atoms with E-state index in [9.17, 15) is 4.79 Å². The average Bonchev–Trinajstić information content (AvgIpc) is 3.02. The van der Waals surface area contributed by atoms with Gasteiger partial charge in [0.25, 0.3) is 0 Å². The number of carbonyl (C=O) groups is 1. The standard InChI is InChI=1S/C18H18N2O3S/c1-3-23-14-8-9-15-16(10-14)20-18(19-15)24-11-12-4-6-13(7-5-12)17(21)22-2/h4-10H,3,11H2,1-2H3,(H,19,20). The van der Waals surface area contributed by atoms with Crippen molar-refractivity contribution in [1.29, 1.82) is 0 Å². The summed E-state index contributed by atoms with van der Waals surface area (Å²) >= 11 is 1.61. The van der Waals surface area contributed by atoms with Gasteiger partial charge in [-0.15, -0.1) is 0 Å². The number of H-pyrrole nitrogens is 1. The van der Waals surface area contributed by atoms with E-state index in [4.69, 9.17) is 9.47 Å². The molecule has 5 nitrogen and oxygen atoms in total. The molecule has 0 aliphatic rings. The number of aromatic nitrogens is 2. The van der Waals surface area contributed by atoms with Gasteiger partial charge in [-0.3, -0.25) is 0 Å². The van der Waals surface area contributed by atoms with Gasteiger partial charge >= 0.3 is 5.97 Å². The number of aromatic amines is 1. The molecule has 0 saturated carbocycles. The highest BCUT2D eigenvalue weighted by molar-refractivity contribution is 7.98. The molecule has 0 amide bonds. The van der Waals surface area contributed by atoms with E-state index in [0.717, 1.165) is 33.3 Å². The molecule has 124 valence electrons. The molecule has 3 rings (SSSR count). The lowest BCUT2D eigenvalue weighted by Gasteiger charge is -2.02. The van der Waals surface area contributed by atoms with E-state index in [1.165, 1.54) is 7.11 Å². The first kappa shape index (κ1) is 16.4. The van der Waals surface area contributed by atoms with Crippen LogP contribution in [0.3, 0.4) is 0 Å². The predicted octanol–water partition coefficient (Wildman–Crippen LogP) is 4.04. The van der Waals surface area contributed by atoms with Gasteiger partial charge in [0.15, 0.2) is 5.16 Å². The molecular weight excluding hydrogens is 324 g/mol. The molecule has 24 heavy (non-hydrogen) atoms. The van der Waals surface area contributed by atoms with Crippen molar-refractivity contribution in [3.05, 3.63) is 53.6 Å². The molecule has 1 N–H and O–H groups in total. The minimum atomic E-state index is -0.323. The summed E-state index contributed by atoms with van der Waals surface area (Å²) in [6.45, 7) is 2.60. The van der Waals surface area contributed by atoms with Crippen molar-refractivity contribution in [2.75, 3.05) is 13.7 Å². The fourth-order valence-corrected chi connectivity index (χ4v) is 3.14. The highest BCUT2D eigenvalue weighted by atomic mass is 32.2. The Hall–Kier alpha value is -2.47. The van der Waals surface area contributed by atoms with E-state index in [1.807, 2.05) is 37.3 Å². The Kier molecular flexibility index (Phi) is 5.05. The summed E-state index contributed by atoms with van der Waals surface area (Å²) in [6, 6.07) is 13.2.